The Bertz CT molecular complexity index is 962. The van der Waals surface area contributed by atoms with Crippen molar-refractivity contribution >= 4 is 45.4 Å². The molecule has 0 fully saturated rings. The first-order valence-corrected chi connectivity index (χ1v) is 9.18. The van der Waals surface area contributed by atoms with Gasteiger partial charge in [0.25, 0.3) is 0 Å². The van der Waals surface area contributed by atoms with Gasteiger partial charge in [0.1, 0.15) is 0 Å². The van der Waals surface area contributed by atoms with E-state index in [1.165, 1.54) is 0 Å². The predicted octanol–water partition coefficient (Wildman–Crippen LogP) is 4.27. The Labute approximate surface area is 174 Å². The van der Waals surface area contributed by atoms with Crippen molar-refractivity contribution in [1.29, 1.82) is 0 Å². The first-order chi connectivity index (χ1) is 13.3. The zero-order valence-corrected chi connectivity index (χ0v) is 17.1. The summed E-state index contributed by atoms with van der Waals surface area (Å²) in [5.74, 6) is -2.83. The van der Waals surface area contributed by atoms with Gasteiger partial charge in [-0.15, -0.1) is 0 Å². The number of imidazole rings is 1. The van der Waals surface area contributed by atoms with Gasteiger partial charge in [0.15, 0.2) is 0 Å². The highest BCUT2D eigenvalue weighted by Gasteiger charge is 2.09. The quantitative estimate of drug-likeness (QED) is 0.496. The summed E-state index contributed by atoms with van der Waals surface area (Å²) in [4.78, 5) is 22.7. The fourth-order valence-corrected chi connectivity index (χ4v) is 2.75. The Morgan fingerprint density at radius 1 is 1.11 bits per heavy atom. The molecule has 0 aliphatic rings. The van der Waals surface area contributed by atoms with Gasteiger partial charge in [0.2, 0.25) is 5.95 Å². The van der Waals surface area contributed by atoms with Gasteiger partial charge in [-0.25, -0.2) is 14.6 Å². The van der Waals surface area contributed by atoms with E-state index in [0.29, 0.717) is 6.54 Å². The fraction of sp³-hybridized carbons (Fsp3) is 0.105. The Morgan fingerprint density at radius 3 is 2.29 bits per heavy atom. The largest absolute Gasteiger partial charge is 0.473 e. The zero-order valence-electron chi connectivity index (χ0n) is 14.8. The van der Waals surface area contributed by atoms with Crippen molar-refractivity contribution in [2.24, 2.45) is 7.05 Å². The maximum Gasteiger partial charge on any atom is 0.414 e. The lowest BCUT2D eigenvalue weighted by atomic mass is 10.2. The summed E-state index contributed by atoms with van der Waals surface area (Å²) in [7, 11) is 2.00. The lowest BCUT2D eigenvalue weighted by molar-refractivity contribution is -0.159. The van der Waals surface area contributed by atoms with Crippen molar-refractivity contribution < 1.29 is 19.8 Å². The van der Waals surface area contributed by atoms with Gasteiger partial charge in [-0.05, 0) is 29.3 Å². The van der Waals surface area contributed by atoms with E-state index in [0.717, 1.165) is 32.3 Å². The molecule has 0 radical (unpaired) electrons. The highest BCUT2D eigenvalue weighted by Crippen LogP contribution is 2.24. The van der Waals surface area contributed by atoms with E-state index in [2.05, 4.69) is 38.4 Å². The van der Waals surface area contributed by atoms with Gasteiger partial charge in [0.05, 0.1) is 11.9 Å². The number of benzene rings is 2. The fourth-order valence-electron chi connectivity index (χ4n) is 2.28. The molecule has 146 valence electrons. The summed E-state index contributed by atoms with van der Waals surface area (Å²) in [5, 5.41) is 18.9. The van der Waals surface area contributed by atoms with Crippen LogP contribution < -0.4 is 5.32 Å². The lowest BCUT2D eigenvalue weighted by Crippen LogP contribution is -2.09. The smallest absolute Gasteiger partial charge is 0.414 e. The minimum absolute atomic E-state index is 0.643. The summed E-state index contributed by atoms with van der Waals surface area (Å²) in [6, 6.07) is 16.0. The Hall–Kier alpha value is -2.84. The van der Waals surface area contributed by atoms with Crippen molar-refractivity contribution in [2.75, 3.05) is 5.32 Å². The van der Waals surface area contributed by atoms with E-state index in [9.17, 15) is 0 Å². The number of carboxylic acid groups (broad SMARTS) is 2. The van der Waals surface area contributed by atoms with Crippen LogP contribution in [0.5, 0.6) is 0 Å². The van der Waals surface area contributed by atoms with Crippen LogP contribution in [0.4, 0.5) is 5.95 Å². The monoisotopic (exact) mass is 465 g/mol. The standard InChI is InChI=1S/C17H15BrClN3.C2H2O4/c1-22-16(12-6-8-14(18)9-7-12)11-21-17(22)20-10-13-4-2-3-5-15(13)19;3-1(4)2(5)6/h2-9,11H,10H2,1H3,(H,20,21);(H,3,4)(H,5,6). The molecule has 0 atom stereocenters. The summed E-state index contributed by atoms with van der Waals surface area (Å²) in [5.41, 5.74) is 3.25. The lowest BCUT2D eigenvalue weighted by Gasteiger charge is -2.09. The molecule has 0 spiro atoms. The van der Waals surface area contributed by atoms with Gasteiger partial charge in [-0.1, -0.05) is 57.9 Å². The third kappa shape index (κ3) is 5.83. The average molecular weight is 467 g/mol. The van der Waals surface area contributed by atoms with E-state index in [1.807, 2.05) is 54.2 Å². The topological polar surface area (TPSA) is 104 Å². The predicted molar refractivity (Wildman–Crippen MR) is 110 cm³/mol. The highest BCUT2D eigenvalue weighted by molar-refractivity contribution is 9.10. The molecule has 2 aromatic carbocycles. The van der Waals surface area contributed by atoms with Gasteiger partial charge in [-0.2, -0.15) is 0 Å². The molecule has 3 rings (SSSR count). The van der Waals surface area contributed by atoms with E-state index >= 15 is 0 Å². The molecular formula is C19H17BrClN3O4. The van der Waals surface area contributed by atoms with Crippen molar-refractivity contribution in [3.63, 3.8) is 0 Å². The number of rotatable bonds is 4. The van der Waals surface area contributed by atoms with Crippen LogP contribution in [0, 0.1) is 0 Å². The van der Waals surface area contributed by atoms with Gasteiger partial charge >= 0.3 is 11.9 Å². The number of aromatic nitrogens is 2. The number of halogens is 2. The van der Waals surface area contributed by atoms with Crippen molar-refractivity contribution in [3.05, 3.63) is 69.8 Å². The molecular weight excluding hydrogens is 450 g/mol. The molecule has 28 heavy (non-hydrogen) atoms. The van der Waals surface area contributed by atoms with Crippen molar-refractivity contribution in [3.8, 4) is 11.3 Å². The second kappa shape index (κ2) is 9.91. The number of hydrogen-bond acceptors (Lipinski definition) is 4. The van der Waals surface area contributed by atoms with E-state index < -0.39 is 11.9 Å². The summed E-state index contributed by atoms with van der Waals surface area (Å²) in [6.07, 6.45) is 1.87. The highest BCUT2D eigenvalue weighted by atomic mass is 79.9. The third-order valence-corrected chi connectivity index (χ3v) is 4.60. The number of aliphatic carboxylic acids is 2. The maximum absolute atomic E-state index is 9.10. The third-order valence-electron chi connectivity index (χ3n) is 3.71. The molecule has 3 aromatic rings. The van der Waals surface area contributed by atoms with Crippen LogP contribution in [0.1, 0.15) is 5.56 Å². The zero-order chi connectivity index (χ0) is 20.7. The van der Waals surface area contributed by atoms with Gasteiger partial charge < -0.3 is 20.1 Å². The number of hydrogen-bond donors (Lipinski definition) is 3. The van der Waals surface area contributed by atoms with Crippen LogP contribution in [-0.4, -0.2) is 31.7 Å². The number of carboxylic acids is 2. The Morgan fingerprint density at radius 2 is 1.71 bits per heavy atom. The molecule has 0 saturated heterocycles. The first kappa shape index (κ1) is 21.5. The van der Waals surface area contributed by atoms with Crippen molar-refractivity contribution in [1.82, 2.24) is 9.55 Å². The van der Waals surface area contributed by atoms with E-state index in [1.54, 1.807) is 0 Å². The average Bonchev–Trinajstić information content (AvgIpc) is 3.03. The second-order valence-corrected chi connectivity index (χ2v) is 6.91. The molecule has 0 bridgehead atoms. The molecule has 0 aliphatic carbocycles. The molecule has 1 heterocycles. The second-order valence-electron chi connectivity index (χ2n) is 5.59. The SMILES string of the molecule is Cn1c(-c2ccc(Br)cc2)cnc1NCc1ccccc1Cl.O=C(O)C(=O)O. The molecule has 0 amide bonds. The Kier molecular flexibility index (Phi) is 7.60. The van der Waals surface area contributed by atoms with Crippen LogP contribution in [0.2, 0.25) is 5.02 Å². The van der Waals surface area contributed by atoms with Crippen LogP contribution in [-0.2, 0) is 23.2 Å². The maximum atomic E-state index is 9.10. The number of nitrogens with one attached hydrogen (secondary N) is 1. The first-order valence-electron chi connectivity index (χ1n) is 8.00. The number of nitrogens with zero attached hydrogens (tertiary/aromatic N) is 2. The molecule has 3 N–H and O–H groups in total. The molecule has 0 unspecified atom stereocenters. The summed E-state index contributed by atoms with van der Waals surface area (Å²) in [6.45, 7) is 0.643. The number of anilines is 1. The summed E-state index contributed by atoms with van der Waals surface area (Å²) >= 11 is 9.63. The van der Waals surface area contributed by atoms with Crippen LogP contribution >= 0.6 is 27.5 Å². The number of carbonyl (C=O) groups is 2. The normalized spacial score (nSPS) is 9.96. The minimum Gasteiger partial charge on any atom is -0.473 e. The Balaban J connectivity index is 0.000000409. The van der Waals surface area contributed by atoms with E-state index in [-0.39, 0.29) is 0 Å². The van der Waals surface area contributed by atoms with Gasteiger partial charge in [0, 0.05) is 23.1 Å². The van der Waals surface area contributed by atoms with Crippen molar-refractivity contribution in [2.45, 2.75) is 6.54 Å². The van der Waals surface area contributed by atoms with Crippen LogP contribution in [0.25, 0.3) is 11.3 Å². The molecule has 9 heteroatoms. The molecule has 0 saturated carbocycles. The van der Waals surface area contributed by atoms with Crippen LogP contribution in [0.15, 0.2) is 59.2 Å². The molecule has 0 aliphatic heterocycles. The van der Waals surface area contributed by atoms with Crippen LogP contribution in [0.3, 0.4) is 0 Å². The minimum atomic E-state index is -1.82. The van der Waals surface area contributed by atoms with Gasteiger partial charge in [-0.3, -0.25) is 0 Å². The molecule has 1 aromatic heterocycles. The molecule has 7 nitrogen and oxygen atoms in total. The van der Waals surface area contributed by atoms with E-state index in [4.69, 9.17) is 31.4 Å². The summed E-state index contributed by atoms with van der Waals surface area (Å²) < 4.78 is 3.11.